The number of para-hydroxylation sites is 1. The van der Waals surface area contributed by atoms with Gasteiger partial charge in [-0.3, -0.25) is 0 Å². The molecule has 10 rings (SSSR count). The molecule has 2 heterocycles. The maximum atomic E-state index is 6.83. The van der Waals surface area contributed by atoms with E-state index < -0.39 is 0 Å². The van der Waals surface area contributed by atoms with Crippen LogP contribution in [0.4, 0.5) is 5.69 Å². The Morgan fingerprint density at radius 1 is 0.551 bits per heavy atom. The van der Waals surface area contributed by atoms with E-state index in [1.807, 2.05) is 42.5 Å². The molecule has 0 aliphatic carbocycles. The molecule has 0 atom stereocenters. The van der Waals surface area contributed by atoms with Crippen LogP contribution in [-0.4, -0.2) is 4.57 Å². The van der Waals surface area contributed by atoms with Crippen LogP contribution in [0.5, 0.6) is 5.75 Å². The van der Waals surface area contributed by atoms with E-state index in [0.717, 1.165) is 44.3 Å². The highest BCUT2D eigenvalue weighted by Gasteiger charge is 2.20. The van der Waals surface area contributed by atoms with Gasteiger partial charge in [0.05, 0.1) is 22.1 Å². The summed E-state index contributed by atoms with van der Waals surface area (Å²) < 4.78 is 15.2. The SMILES string of the molecule is Nc1c(OCc2ccc(-n3c4cc5ccccc5cc4c4cc5ccccc5cc43)cc2)cc(-c2ccccc2)c2oc3ccccc3c12. The highest BCUT2D eigenvalue weighted by Crippen LogP contribution is 2.44. The van der Waals surface area contributed by atoms with E-state index in [1.165, 1.54) is 43.4 Å². The number of nitrogens with zero attached hydrogens (tertiary/aromatic N) is 1. The molecule has 0 fully saturated rings. The van der Waals surface area contributed by atoms with Crippen LogP contribution >= 0.6 is 0 Å². The van der Waals surface area contributed by atoms with Crippen molar-refractivity contribution in [3.05, 3.63) is 163 Å². The van der Waals surface area contributed by atoms with E-state index in [1.54, 1.807) is 0 Å². The average Bonchev–Trinajstić information content (AvgIpc) is 3.69. The molecule has 2 aromatic heterocycles. The van der Waals surface area contributed by atoms with Crippen LogP contribution in [0.3, 0.4) is 0 Å². The van der Waals surface area contributed by atoms with Crippen LogP contribution in [0, 0.1) is 0 Å². The largest absolute Gasteiger partial charge is 0.487 e. The van der Waals surface area contributed by atoms with Crippen molar-refractivity contribution in [1.82, 2.24) is 4.57 Å². The molecular weight excluding hydrogens is 601 g/mol. The van der Waals surface area contributed by atoms with E-state index >= 15 is 0 Å². The van der Waals surface area contributed by atoms with Gasteiger partial charge >= 0.3 is 0 Å². The first-order valence-corrected chi connectivity index (χ1v) is 16.6. The van der Waals surface area contributed by atoms with Crippen molar-refractivity contribution in [3.8, 4) is 22.6 Å². The predicted molar refractivity (Wildman–Crippen MR) is 204 cm³/mol. The molecule has 232 valence electrons. The molecule has 8 aromatic carbocycles. The van der Waals surface area contributed by atoms with Crippen LogP contribution in [0.25, 0.3) is 82.1 Å². The smallest absolute Gasteiger partial charge is 0.145 e. The number of nitrogen functional groups attached to an aromatic ring is 1. The van der Waals surface area contributed by atoms with Crippen molar-refractivity contribution in [3.63, 3.8) is 0 Å². The molecule has 0 unspecified atom stereocenters. The molecule has 0 radical (unpaired) electrons. The second kappa shape index (κ2) is 10.8. The van der Waals surface area contributed by atoms with Gasteiger partial charge in [0.2, 0.25) is 0 Å². The molecule has 0 amide bonds. The average molecular weight is 631 g/mol. The zero-order chi connectivity index (χ0) is 32.5. The van der Waals surface area contributed by atoms with Gasteiger partial charge in [0, 0.05) is 27.4 Å². The molecule has 4 nitrogen and oxygen atoms in total. The van der Waals surface area contributed by atoms with Gasteiger partial charge in [-0.05, 0) is 81.2 Å². The van der Waals surface area contributed by atoms with Crippen LogP contribution < -0.4 is 10.5 Å². The summed E-state index contributed by atoms with van der Waals surface area (Å²) in [5, 5.41) is 9.30. The van der Waals surface area contributed by atoms with Gasteiger partial charge in [0.1, 0.15) is 23.5 Å². The summed E-state index contributed by atoms with van der Waals surface area (Å²) in [6, 6.07) is 55.4. The Balaban J connectivity index is 1.06. The first-order valence-electron chi connectivity index (χ1n) is 16.6. The van der Waals surface area contributed by atoms with Crippen molar-refractivity contribution >= 4 is 71.0 Å². The van der Waals surface area contributed by atoms with Gasteiger partial charge in [0.15, 0.2) is 0 Å². The molecule has 0 aliphatic rings. The van der Waals surface area contributed by atoms with Gasteiger partial charge < -0.3 is 19.5 Å². The van der Waals surface area contributed by atoms with Crippen molar-refractivity contribution < 1.29 is 9.15 Å². The third kappa shape index (κ3) is 4.38. The predicted octanol–water partition coefficient (Wildman–Crippen LogP) is 11.8. The number of anilines is 1. The fourth-order valence-corrected chi connectivity index (χ4v) is 7.42. The lowest BCUT2D eigenvalue weighted by Crippen LogP contribution is -2.01. The summed E-state index contributed by atoms with van der Waals surface area (Å²) in [5.74, 6) is 0.642. The minimum absolute atomic E-state index is 0.377. The molecule has 0 spiro atoms. The summed E-state index contributed by atoms with van der Waals surface area (Å²) in [5.41, 5.74) is 15.5. The van der Waals surface area contributed by atoms with Crippen LogP contribution in [0.2, 0.25) is 0 Å². The number of hydrogen-bond donors (Lipinski definition) is 1. The van der Waals surface area contributed by atoms with Gasteiger partial charge in [0.25, 0.3) is 0 Å². The monoisotopic (exact) mass is 630 g/mol. The lowest BCUT2D eigenvalue weighted by Gasteiger charge is -2.14. The number of furan rings is 1. The quantitative estimate of drug-likeness (QED) is 0.193. The van der Waals surface area contributed by atoms with Crippen molar-refractivity contribution in [1.29, 1.82) is 0 Å². The second-order valence-electron chi connectivity index (χ2n) is 12.7. The van der Waals surface area contributed by atoms with Gasteiger partial charge in [-0.25, -0.2) is 0 Å². The third-order valence-electron chi connectivity index (χ3n) is 9.82. The number of rotatable bonds is 5. The van der Waals surface area contributed by atoms with Gasteiger partial charge in [-0.1, -0.05) is 109 Å². The van der Waals surface area contributed by atoms with E-state index in [2.05, 4.69) is 120 Å². The van der Waals surface area contributed by atoms with Crippen LogP contribution in [0.15, 0.2) is 162 Å². The second-order valence-corrected chi connectivity index (χ2v) is 12.7. The number of ether oxygens (including phenoxy) is 1. The molecule has 10 aromatic rings. The summed E-state index contributed by atoms with van der Waals surface area (Å²) in [4.78, 5) is 0. The summed E-state index contributed by atoms with van der Waals surface area (Å²) in [7, 11) is 0. The first-order chi connectivity index (χ1) is 24.2. The maximum Gasteiger partial charge on any atom is 0.145 e. The summed E-state index contributed by atoms with van der Waals surface area (Å²) >= 11 is 0. The number of nitrogens with two attached hydrogens (primary N) is 1. The number of hydrogen-bond acceptors (Lipinski definition) is 3. The maximum absolute atomic E-state index is 6.83. The van der Waals surface area contributed by atoms with Crippen LogP contribution in [0.1, 0.15) is 5.56 Å². The molecule has 49 heavy (non-hydrogen) atoms. The molecule has 2 N–H and O–H groups in total. The van der Waals surface area contributed by atoms with Gasteiger partial charge in [-0.2, -0.15) is 0 Å². The third-order valence-corrected chi connectivity index (χ3v) is 9.82. The Hall–Kier alpha value is -6.52. The number of fused-ring (bicyclic) bond motifs is 8. The summed E-state index contributed by atoms with van der Waals surface area (Å²) in [6.07, 6.45) is 0. The number of aromatic nitrogens is 1. The molecule has 0 aliphatic heterocycles. The lowest BCUT2D eigenvalue weighted by atomic mass is 10.0. The topological polar surface area (TPSA) is 53.3 Å². The number of benzene rings is 8. The Labute approximate surface area is 282 Å². The Bertz CT molecular complexity index is 2790. The highest BCUT2D eigenvalue weighted by molar-refractivity contribution is 6.17. The van der Waals surface area contributed by atoms with E-state index in [4.69, 9.17) is 14.9 Å². The normalized spacial score (nSPS) is 11.8. The minimum Gasteiger partial charge on any atom is -0.487 e. The molecule has 0 bridgehead atoms. The van der Waals surface area contributed by atoms with Gasteiger partial charge in [-0.15, -0.1) is 0 Å². The molecule has 0 saturated heterocycles. The van der Waals surface area contributed by atoms with Crippen molar-refractivity contribution in [2.24, 2.45) is 0 Å². The van der Waals surface area contributed by atoms with Crippen LogP contribution in [-0.2, 0) is 6.61 Å². The zero-order valence-corrected chi connectivity index (χ0v) is 26.6. The van der Waals surface area contributed by atoms with Crippen molar-refractivity contribution in [2.75, 3.05) is 5.73 Å². The zero-order valence-electron chi connectivity index (χ0n) is 26.6. The molecule has 0 saturated carbocycles. The highest BCUT2D eigenvalue weighted by atomic mass is 16.5. The standard InChI is InChI=1S/C45H30N2O2/c46-44-42(26-36(29-10-2-1-3-11-29)45-43(44)35-16-8-9-17-41(35)49-45)48-27-28-18-20-34(21-19-28)47-39-24-32-14-6-4-12-30(32)22-37(39)38-23-31-13-5-7-15-33(31)25-40(38)47/h1-26H,27,46H2. The molecule has 4 heteroatoms. The fourth-order valence-electron chi connectivity index (χ4n) is 7.42. The first kappa shape index (κ1) is 27.6. The fraction of sp³-hybridized carbons (Fsp3) is 0.0222. The Kier molecular flexibility index (Phi) is 6.06. The minimum atomic E-state index is 0.377. The lowest BCUT2D eigenvalue weighted by molar-refractivity contribution is 0.308. The molecular formula is C45H30N2O2. The summed E-state index contributed by atoms with van der Waals surface area (Å²) in [6.45, 7) is 0.377. The Morgan fingerprint density at radius 3 is 1.78 bits per heavy atom. The van der Waals surface area contributed by atoms with E-state index in [9.17, 15) is 0 Å². The van der Waals surface area contributed by atoms with E-state index in [0.29, 0.717) is 18.0 Å². The van der Waals surface area contributed by atoms with E-state index in [-0.39, 0.29) is 0 Å². The van der Waals surface area contributed by atoms with Crippen molar-refractivity contribution in [2.45, 2.75) is 6.61 Å². The Morgan fingerprint density at radius 2 is 1.12 bits per heavy atom.